The van der Waals surface area contributed by atoms with E-state index >= 15 is 0 Å². The van der Waals surface area contributed by atoms with Gasteiger partial charge in [0.05, 0.1) is 11.5 Å². The van der Waals surface area contributed by atoms with Gasteiger partial charge in [-0.15, -0.1) is 0 Å². The molecule has 0 aromatic rings. The highest BCUT2D eigenvalue weighted by Gasteiger charge is 2.30. The van der Waals surface area contributed by atoms with Gasteiger partial charge in [0, 0.05) is 13.1 Å². The van der Waals surface area contributed by atoms with Gasteiger partial charge < -0.3 is 5.32 Å². The molecule has 6 heteroatoms. The van der Waals surface area contributed by atoms with E-state index < -0.39 is 12.5 Å². The molecule has 0 spiro atoms. The molecule has 1 aliphatic rings. The highest BCUT2D eigenvalue weighted by molar-refractivity contribution is 5.56. The van der Waals surface area contributed by atoms with Gasteiger partial charge in [-0.1, -0.05) is 0 Å². The highest BCUT2D eigenvalue weighted by Crippen LogP contribution is 2.18. The number of carbonyl (C=O) groups excluding carboxylic acids is 1. The topological polar surface area (TPSA) is 52.9 Å². The maximum absolute atomic E-state index is 10.4. The number of alkyl halides is 3. The first-order chi connectivity index (χ1) is 5.83. The molecule has 0 bridgehead atoms. The molecule has 0 saturated carbocycles. The SMILES string of the molecule is CC1(C#N)CNC1.O=CC(F)(F)F. The minimum absolute atomic E-state index is 0.0417. The highest BCUT2D eigenvalue weighted by atomic mass is 19.4. The second kappa shape index (κ2) is 4.23. The van der Waals surface area contributed by atoms with Gasteiger partial charge in [0.2, 0.25) is 6.29 Å². The molecule has 0 aliphatic carbocycles. The fourth-order valence-electron chi connectivity index (χ4n) is 0.579. The first-order valence-corrected chi connectivity index (χ1v) is 3.48. The number of nitriles is 1. The molecular formula is C7H9F3N2O. The summed E-state index contributed by atoms with van der Waals surface area (Å²) in [6, 6.07) is 2.22. The number of aldehydes is 1. The Labute approximate surface area is 73.5 Å². The van der Waals surface area contributed by atoms with Gasteiger partial charge >= 0.3 is 6.18 Å². The summed E-state index contributed by atoms with van der Waals surface area (Å²) in [4.78, 5) is 8.70. The van der Waals surface area contributed by atoms with Crippen molar-refractivity contribution in [2.45, 2.75) is 13.1 Å². The molecule has 0 radical (unpaired) electrons. The summed E-state index contributed by atoms with van der Waals surface area (Å²) >= 11 is 0. The summed E-state index contributed by atoms with van der Waals surface area (Å²) in [5, 5.41) is 11.4. The van der Waals surface area contributed by atoms with Crippen LogP contribution in [0.3, 0.4) is 0 Å². The Morgan fingerprint density at radius 3 is 1.92 bits per heavy atom. The van der Waals surface area contributed by atoms with Crippen LogP contribution in [0.25, 0.3) is 0 Å². The van der Waals surface area contributed by atoms with Crippen LogP contribution in [0.4, 0.5) is 13.2 Å². The first kappa shape index (κ1) is 11.9. The average Bonchev–Trinajstić information content (AvgIpc) is 2.00. The van der Waals surface area contributed by atoms with Crippen molar-refractivity contribution in [2.75, 3.05) is 13.1 Å². The van der Waals surface area contributed by atoms with Crippen LogP contribution < -0.4 is 5.32 Å². The second-order valence-electron chi connectivity index (χ2n) is 2.94. The molecule has 1 saturated heterocycles. The van der Waals surface area contributed by atoms with Crippen LogP contribution in [-0.4, -0.2) is 25.6 Å². The molecule has 0 unspecified atom stereocenters. The van der Waals surface area contributed by atoms with Gasteiger partial charge in [0.25, 0.3) is 0 Å². The molecular weight excluding hydrogens is 185 g/mol. The number of rotatable bonds is 0. The molecule has 1 heterocycles. The van der Waals surface area contributed by atoms with Crippen molar-refractivity contribution in [2.24, 2.45) is 5.41 Å². The summed E-state index contributed by atoms with van der Waals surface area (Å²) in [6.07, 6.45) is -5.70. The second-order valence-corrected chi connectivity index (χ2v) is 2.94. The summed E-state index contributed by atoms with van der Waals surface area (Å²) < 4.78 is 31.2. The van der Waals surface area contributed by atoms with Crippen LogP contribution in [0.5, 0.6) is 0 Å². The van der Waals surface area contributed by atoms with Crippen LogP contribution >= 0.6 is 0 Å². The Morgan fingerprint density at radius 1 is 1.54 bits per heavy atom. The zero-order chi connectivity index (χ0) is 10.5. The number of hydrogen-bond acceptors (Lipinski definition) is 3. The molecule has 1 rings (SSSR count). The predicted octanol–water partition coefficient (Wildman–Crippen LogP) is 0.867. The van der Waals surface area contributed by atoms with Crippen molar-refractivity contribution < 1.29 is 18.0 Å². The maximum Gasteiger partial charge on any atom is 0.446 e. The van der Waals surface area contributed by atoms with Gasteiger partial charge in [-0.3, -0.25) is 4.79 Å². The summed E-state index contributed by atoms with van der Waals surface area (Å²) in [5.74, 6) is 0. The van der Waals surface area contributed by atoms with E-state index in [2.05, 4.69) is 11.4 Å². The maximum atomic E-state index is 10.4. The Balaban J connectivity index is 0.000000226. The molecule has 0 atom stereocenters. The normalized spacial score (nSPS) is 18.7. The summed E-state index contributed by atoms with van der Waals surface area (Å²) in [6.45, 7) is 3.69. The van der Waals surface area contributed by atoms with Gasteiger partial charge in [0.1, 0.15) is 0 Å². The van der Waals surface area contributed by atoms with Crippen LogP contribution in [0.1, 0.15) is 6.92 Å². The van der Waals surface area contributed by atoms with Crippen molar-refractivity contribution in [3.05, 3.63) is 0 Å². The van der Waals surface area contributed by atoms with E-state index in [4.69, 9.17) is 10.1 Å². The smallest absolute Gasteiger partial charge is 0.313 e. The third-order valence-corrected chi connectivity index (χ3v) is 1.43. The zero-order valence-electron chi connectivity index (χ0n) is 6.98. The fourth-order valence-corrected chi connectivity index (χ4v) is 0.579. The third kappa shape index (κ3) is 5.20. The molecule has 0 amide bonds. The van der Waals surface area contributed by atoms with E-state index in [-0.39, 0.29) is 5.41 Å². The van der Waals surface area contributed by atoms with E-state index in [1.165, 1.54) is 0 Å². The monoisotopic (exact) mass is 194 g/mol. The Kier molecular flexibility index (Phi) is 3.88. The van der Waals surface area contributed by atoms with Crippen LogP contribution in [0.15, 0.2) is 0 Å². The Hall–Kier alpha value is -1.09. The van der Waals surface area contributed by atoms with E-state index in [0.717, 1.165) is 13.1 Å². The quantitative estimate of drug-likeness (QED) is 0.582. The first-order valence-electron chi connectivity index (χ1n) is 3.48. The van der Waals surface area contributed by atoms with E-state index in [1.807, 2.05) is 6.92 Å². The lowest BCUT2D eigenvalue weighted by Gasteiger charge is -2.31. The summed E-state index contributed by atoms with van der Waals surface area (Å²) in [5.41, 5.74) is -0.0417. The van der Waals surface area contributed by atoms with E-state index in [0.29, 0.717) is 0 Å². The van der Waals surface area contributed by atoms with E-state index in [9.17, 15) is 13.2 Å². The molecule has 1 N–H and O–H groups in total. The minimum atomic E-state index is -4.64. The van der Waals surface area contributed by atoms with E-state index in [1.54, 1.807) is 0 Å². The predicted molar refractivity (Wildman–Crippen MR) is 38.7 cm³/mol. The number of carbonyl (C=O) groups is 1. The van der Waals surface area contributed by atoms with Crippen molar-refractivity contribution >= 4 is 6.29 Å². The lowest BCUT2D eigenvalue weighted by molar-refractivity contribution is -0.156. The lowest BCUT2D eigenvalue weighted by Crippen LogP contribution is -2.50. The Morgan fingerprint density at radius 2 is 1.92 bits per heavy atom. The van der Waals surface area contributed by atoms with Crippen molar-refractivity contribution in [3.63, 3.8) is 0 Å². The van der Waals surface area contributed by atoms with Gasteiger partial charge in [-0.05, 0) is 6.92 Å². The van der Waals surface area contributed by atoms with Gasteiger partial charge in [-0.2, -0.15) is 18.4 Å². The molecule has 3 nitrogen and oxygen atoms in total. The molecule has 13 heavy (non-hydrogen) atoms. The molecule has 1 aliphatic heterocycles. The molecule has 1 fully saturated rings. The van der Waals surface area contributed by atoms with Crippen molar-refractivity contribution in [1.82, 2.24) is 5.32 Å². The van der Waals surface area contributed by atoms with Crippen LogP contribution in [0, 0.1) is 16.7 Å². The minimum Gasteiger partial charge on any atom is -0.313 e. The standard InChI is InChI=1S/C5H8N2.C2HF3O/c1-5(2-6)3-7-4-5;3-2(4,5)1-6/h7H,3-4H2,1H3;1H. The largest absolute Gasteiger partial charge is 0.446 e. The van der Waals surface area contributed by atoms with Crippen molar-refractivity contribution in [3.8, 4) is 6.07 Å². The molecule has 0 aromatic carbocycles. The lowest BCUT2D eigenvalue weighted by atomic mass is 9.86. The van der Waals surface area contributed by atoms with Crippen molar-refractivity contribution in [1.29, 1.82) is 5.26 Å². The molecule has 0 aromatic heterocycles. The average molecular weight is 194 g/mol. The van der Waals surface area contributed by atoms with Crippen LogP contribution in [-0.2, 0) is 4.79 Å². The molecule has 74 valence electrons. The summed E-state index contributed by atoms with van der Waals surface area (Å²) in [7, 11) is 0. The third-order valence-electron chi connectivity index (χ3n) is 1.43. The number of hydrogen-bond donors (Lipinski definition) is 1. The van der Waals surface area contributed by atoms with Gasteiger partial charge in [-0.25, -0.2) is 0 Å². The zero-order valence-corrected chi connectivity index (χ0v) is 6.98. The van der Waals surface area contributed by atoms with Gasteiger partial charge in [0.15, 0.2) is 0 Å². The number of halogens is 3. The fraction of sp³-hybridized carbons (Fsp3) is 0.714. The Bertz CT molecular complexity index is 215. The van der Waals surface area contributed by atoms with Crippen LogP contribution in [0.2, 0.25) is 0 Å². The number of nitrogens with one attached hydrogen (secondary N) is 1. The number of nitrogens with zero attached hydrogens (tertiary/aromatic N) is 1.